The number of pyridine rings is 1. The van der Waals surface area contributed by atoms with Gasteiger partial charge in [0.15, 0.2) is 0 Å². The molecule has 1 heterocycles. The van der Waals surface area contributed by atoms with Crippen molar-refractivity contribution in [2.75, 3.05) is 0 Å². The Balaban J connectivity index is 1.84. The van der Waals surface area contributed by atoms with Crippen LogP contribution in [0.25, 0.3) is 0 Å². The topological polar surface area (TPSA) is 71.3 Å². The number of benzene rings is 2. The first kappa shape index (κ1) is 17.5. The van der Waals surface area contributed by atoms with Crippen molar-refractivity contribution in [3.05, 3.63) is 100.0 Å². The number of carbonyl (C=O) groups is 1. The smallest absolute Gasteiger partial charge is 0.257 e. The third kappa shape index (κ3) is 4.00. The third-order valence-electron chi connectivity index (χ3n) is 4.19. The number of hydrogen-bond donors (Lipinski definition) is 2. The second-order valence-corrected chi connectivity index (χ2v) is 6.13. The van der Waals surface area contributed by atoms with E-state index < -0.39 is 5.91 Å². The van der Waals surface area contributed by atoms with Crippen molar-refractivity contribution in [2.45, 2.75) is 19.5 Å². The zero-order valence-corrected chi connectivity index (χ0v) is 14.4. The normalized spacial score (nSPS) is 11.7. The van der Waals surface area contributed by atoms with Crippen LogP contribution in [0.3, 0.4) is 0 Å². The van der Waals surface area contributed by atoms with Gasteiger partial charge in [-0.25, -0.2) is 0 Å². The van der Waals surface area contributed by atoms with Gasteiger partial charge in [0.2, 0.25) is 0 Å². The second kappa shape index (κ2) is 7.70. The molecule has 0 aliphatic carbocycles. The minimum Gasteiger partial charge on any atom is -0.507 e. The summed E-state index contributed by atoms with van der Waals surface area (Å²) in [5, 5.41) is 12.9. The molecule has 0 bridgehead atoms. The van der Waals surface area contributed by atoms with Crippen LogP contribution in [0.1, 0.15) is 34.5 Å². The molecule has 26 heavy (non-hydrogen) atoms. The molecular weight excluding hydrogens is 328 g/mol. The SMILES string of the molecule is CC(NC(=O)c1cn(Cc2ccccc2)c(=O)cc1O)c1ccccc1. The Morgan fingerprint density at radius 3 is 2.35 bits per heavy atom. The summed E-state index contributed by atoms with van der Waals surface area (Å²) in [4.78, 5) is 24.7. The number of aromatic hydroxyl groups is 1. The molecule has 3 rings (SSSR count). The summed E-state index contributed by atoms with van der Waals surface area (Å²) in [6.45, 7) is 2.19. The molecule has 2 aromatic carbocycles. The maximum Gasteiger partial charge on any atom is 0.257 e. The molecule has 0 spiro atoms. The predicted octanol–water partition coefficient (Wildman–Crippen LogP) is 3.09. The molecule has 0 aliphatic heterocycles. The maximum atomic E-state index is 12.6. The predicted molar refractivity (Wildman–Crippen MR) is 100 cm³/mol. The highest BCUT2D eigenvalue weighted by Gasteiger charge is 2.17. The lowest BCUT2D eigenvalue weighted by Gasteiger charge is -2.16. The van der Waals surface area contributed by atoms with Crippen molar-refractivity contribution in [1.29, 1.82) is 0 Å². The summed E-state index contributed by atoms with van der Waals surface area (Å²) < 4.78 is 1.41. The number of amides is 1. The monoisotopic (exact) mass is 348 g/mol. The van der Waals surface area contributed by atoms with Crippen LogP contribution in [0.15, 0.2) is 77.7 Å². The van der Waals surface area contributed by atoms with Gasteiger partial charge in [-0.2, -0.15) is 0 Å². The van der Waals surface area contributed by atoms with E-state index >= 15 is 0 Å². The number of carbonyl (C=O) groups excluding carboxylic acids is 1. The number of nitrogens with zero attached hydrogens (tertiary/aromatic N) is 1. The van der Waals surface area contributed by atoms with E-state index in [2.05, 4.69) is 5.32 Å². The Hall–Kier alpha value is -3.34. The van der Waals surface area contributed by atoms with E-state index in [9.17, 15) is 14.7 Å². The van der Waals surface area contributed by atoms with E-state index in [0.29, 0.717) is 6.54 Å². The number of rotatable bonds is 5. The Morgan fingerprint density at radius 1 is 1.08 bits per heavy atom. The van der Waals surface area contributed by atoms with Crippen LogP contribution < -0.4 is 10.9 Å². The molecular formula is C21H20N2O3. The molecule has 0 aliphatic rings. The summed E-state index contributed by atoms with van der Waals surface area (Å²) in [7, 11) is 0. The third-order valence-corrected chi connectivity index (χ3v) is 4.19. The summed E-state index contributed by atoms with van der Waals surface area (Å²) >= 11 is 0. The molecule has 5 nitrogen and oxygen atoms in total. The lowest BCUT2D eigenvalue weighted by atomic mass is 10.1. The standard InChI is InChI=1S/C21H20N2O3/c1-15(17-10-6-3-7-11-17)22-21(26)18-14-23(20(25)12-19(18)24)13-16-8-4-2-5-9-16/h2-12,14-15,24H,13H2,1H3,(H,22,26). The highest BCUT2D eigenvalue weighted by Crippen LogP contribution is 2.17. The molecule has 0 saturated carbocycles. The number of nitrogens with one attached hydrogen (secondary N) is 1. The summed E-state index contributed by atoms with van der Waals surface area (Å²) in [6, 6.07) is 19.9. The molecule has 0 radical (unpaired) electrons. The average Bonchev–Trinajstić information content (AvgIpc) is 2.65. The second-order valence-electron chi connectivity index (χ2n) is 6.13. The van der Waals surface area contributed by atoms with Crippen molar-refractivity contribution in [2.24, 2.45) is 0 Å². The first-order valence-corrected chi connectivity index (χ1v) is 8.38. The van der Waals surface area contributed by atoms with E-state index in [-0.39, 0.29) is 22.9 Å². The molecule has 1 amide bonds. The Morgan fingerprint density at radius 2 is 1.69 bits per heavy atom. The summed E-state index contributed by atoms with van der Waals surface area (Å²) in [6.07, 6.45) is 1.40. The van der Waals surface area contributed by atoms with Crippen molar-refractivity contribution >= 4 is 5.91 Å². The highest BCUT2D eigenvalue weighted by atomic mass is 16.3. The largest absolute Gasteiger partial charge is 0.507 e. The zero-order chi connectivity index (χ0) is 18.5. The van der Waals surface area contributed by atoms with Crippen LogP contribution in [0.5, 0.6) is 5.75 Å². The maximum absolute atomic E-state index is 12.6. The average molecular weight is 348 g/mol. The first-order chi connectivity index (χ1) is 12.5. The fourth-order valence-corrected chi connectivity index (χ4v) is 2.74. The van der Waals surface area contributed by atoms with E-state index in [1.807, 2.05) is 67.6 Å². The molecule has 132 valence electrons. The molecule has 1 aromatic heterocycles. The van der Waals surface area contributed by atoms with Crippen molar-refractivity contribution in [1.82, 2.24) is 9.88 Å². The molecule has 5 heteroatoms. The van der Waals surface area contributed by atoms with Gasteiger partial charge in [-0.15, -0.1) is 0 Å². The molecule has 1 atom stereocenters. The van der Waals surface area contributed by atoms with Crippen LogP contribution in [0.4, 0.5) is 0 Å². The van der Waals surface area contributed by atoms with E-state index in [0.717, 1.165) is 17.2 Å². The van der Waals surface area contributed by atoms with E-state index in [4.69, 9.17) is 0 Å². The Kier molecular flexibility index (Phi) is 5.17. The first-order valence-electron chi connectivity index (χ1n) is 8.38. The Labute approximate surface area is 151 Å². The molecule has 1 unspecified atom stereocenters. The molecule has 2 N–H and O–H groups in total. The van der Waals surface area contributed by atoms with Crippen molar-refractivity contribution < 1.29 is 9.90 Å². The zero-order valence-electron chi connectivity index (χ0n) is 14.4. The van der Waals surface area contributed by atoms with Gasteiger partial charge in [-0.1, -0.05) is 60.7 Å². The fraction of sp³-hybridized carbons (Fsp3) is 0.143. The fourth-order valence-electron chi connectivity index (χ4n) is 2.74. The van der Waals surface area contributed by atoms with Gasteiger partial charge in [-0.05, 0) is 18.1 Å². The molecule has 0 saturated heterocycles. The number of aromatic nitrogens is 1. The van der Waals surface area contributed by atoms with Crippen LogP contribution in [-0.2, 0) is 6.54 Å². The lowest BCUT2D eigenvalue weighted by molar-refractivity contribution is 0.0936. The number of hydrogen-bond acceptors (Lipinski definition) is 3. The van der Waals surface area contributed by atoms with Gasteiger partial charge in [0.25, 0.3) is 11.5 Å². The minimum atomic E-state index is -0.430. The van der Waals surface area contributed by atoms with Gasteiger partial charge in [0.1, 0.15) is 5.75 Å². The minimum absolute atomic E-state index is 0.0725. The lowest BCUT2D eigenvalue weighted by Crippen LogP contribution is -2.29. The van der Waals surface area contributed by atoms with Gasteiger partial charge >= 0.3 is 0 Å². The van der Waals surface area contributed by atoms with Gasteiger partial charge in [0, 0.05) is 12.3 Å². The molecule has 3 aromatic rings. The summed E-state index contributed by atoms with van der Waals surface area (Å²) in [5.74, 6) is -0.752. The van der Waals surface area contributed by atoms with Crippen LogP contribution in [0, 0.1) is 0 Å². The quantitative estimate of drug-likeness (QED) is 0.744. The van der Waals surface area contributed by atoms with E-state index in [1.54, 1.807) is 0 Å². The highest BCUT2D eigenvalue weighted by molar-refractivity contribution is 5.96. The van der Waals surface area contributed by atoms with Crippen LogP contribution in [0.2, 0.25) is 0 Å². The van der Waals surface area contributed by atoms with Crippen LogP contribution >= 0.6 is 0 Å². The van der Waals surface area contributed by atoms with Crippen LogP contribution in [-0.4, -0.2) is 15.6 Å². The van der Waals surface area contributed by atoms with Gasteiger partial charge in [0.05, 0.1) is 18.2 Å². The van der Waals surface area contributed by atoms with Gasteiger partial charge in [-0.3, -0.25) is 9.59 Å². The van der Waals surface area contributed by atoms with Crippen molar-refractivity contribution in [3.8, 4) is 5.75 Å². The van der Waals surface area contributed by atoms with Crippen molar-refractivity contribution in [3.63, 3.8) is 0 Å². The van der Waals surface area contributed by atoms with E-state index in [1.165, 1.54) is 10.8 Å². The summed E-state index contributed by atoms with van der Waals surface area (Å²) in [5.41, 5.74) is 1.60. The van der Waals surface area contributed by atoms with Gasteiger partial charge < -0.3 is 15.0 Å². The Bertz CT molecular complexity index is 950. The molecule has 0 fully saturated rings.